The van der Waals surface area contributed by atoms with Gasteiger partial charge in [-0.15, -0.1) is 0 Å². The number of likely N-dealkylation sites (tertiary alicyclic amines) is 1. The van der Waals surface area contributed by atoms with Gasteiger partial charge in [0, 0.05) is 6.54 Å². The minimum Gasteiger partial charge on any atom is -0.393 e. The summed E-state index contributed by atoms with van der Waals surface area (Å²) in [5.41, 5.74) is 0.622. The third kappa shape index (κ3) is 2.00. The lowest BCUT2D eigenvalue weighted by atomic mass is 10.0. The second-order valence-corrected chi connectivity index (χ2v) is 11.2. The van der Waals surface area contributed by atoms with E-state index in [0.717, 1.165) is 19.1 Å². The predicted octanol–water partition coefficient (Wildman–Crippen LogP) is 1.56. The molecule has 2 saturated heterocycles. The molecule has 0 bridgehead atoms. The van der Waals surface area contributed by atoms with Crippen molar-refractivity contribution in [2.24, 2.45) is 5.92 Å². The summed E-state index contributed by atoms with van der Waals surface area (Å²) in [6.07, 6.45) is -0.151. The molecule has 114 valence electrons. The van der Waals surface area contributed by atoms with Crippen LogP contribution in [-0.2, 0) is 0 Å². The molecule has 22 heavy (non-hydrogen) atoms. The summed E-state index contributed by atoms with van der Waals surface area (Å²) in [5, 5.41) is 13.8. The van der Waals surface area contributed by atoms with E-state index in [0.29, 0.717) is 11.5 Å². The molecule has 0 unspecified atom stereocenters. The van der Waals surface area contributed by atoms with Crippen LogP contribution in [0.3, 0.4) is 0 Å². The lowest BCUT2D eigenvalue weighted by Gasteiger charge is -2.34. The predicted molar refractivity (Wildman–Crippen MR) is 93.5 cm³/mol. The van der Waals surface area contributed by atoms with E-state index in [4.69, 9.17) is 0 Å². The average molecular weight is 309 g/mol. The van der Waals surface area contributed by atoms with Crippen LogP contribution in [0, 0.1) is 5.92 Å². The summed E-state index contributed by atoms with van der Waals surface area (Å²) in [6, 6.07) is 23.0. The van der Waals surface area contributed by atoms with Gasteiger partial charge in [0.2, 0.25) is 0 Å². The van der Waals surface area contributed by atoms with Crippen LogP contribution >= 0.6 is 0 Å². The Kier molecular flexibility index (Phi) is 3.44. The second kappa shape index (κ2) is 5.34. The lowest BCUT2D eigenvalue weighted by molar-refractivity contribution is 0.141. The van der Waals surface area contributed by atoms with Crippen LogP contribution in [0.15, 0.2) is 60.7 Å². The lowest BCUT2D eigenvalue weighted by Crippen LogP contribution is -2.60. The highest BCUT2D eigenvalue weighted by Gasteiger charge is 2.59. The van der Waals surface area contributed by atoms with Crippen molar-refractivity contribution in [2.75, 3.05) is 20.1 Å². The summed E-state index contributed by atoms with van der Waals surface area (Å²) >= 11 is 0. The van der Waals surface area contributed by atoms with Crippen molar-refractivity contribution in [3.05, 3.63) is 60.7 Å². The number of nitrogens with zero attached hydrogens (tertiary/aromatic N) is 1. The van der Waals surface area contributed by atoms with E-state index in [-0.39, 0.29) is 6.10 Å². The normalized spacial score (nSPS) is 30.4. The highest BCUT2D eigenvalue weighted by molar-refractivity contribution is 7.04. The molecule has 0 aromatic heterocycles. The Morgan fingerprint density at radius 1 is 0.909 bits per heavy atom. The largest absolute Gasteiger partial charge is 0.393 e. The molecule has 1 N–H and O–H groups in total. The highest BCUT2D eigenvalue weighted by Crippen LogP contribution is 2.48. The molecule has 0 spiro atoms. The van der Waals surface area contributed by atoms with Crippen LogP contribution in [0.4, 0.5) is 0 Å². The Morgan fingerprint density at radius 3 is 2.00 bits per heavy atom. The van der Waals surface area contributed by atoms with Crippen molar-refractivity contribution in [2.45, 2.75) is 17.7 Å². The second-order valence-electron chi connectivity index (χ2n) is 6.97. The SMILES string of the molecule is CN1C[C@H]2[C@H](O)C[Si](c3ccccc3)(c3ccccc3)[C@H]2C1. The maximum atomic E-state index is 10.8. The number of rotatable bonds is 2. The van der Waals surface area contributed by atoms with Crippen LogP contribution in [0.2, 0.25) is 11.6 Å². The van der Waals surface area contributed by atoms with Crippen molar-refractivity contribution >= 4 is 18.4 Å². The van der Waals surface area contributed by atoms with Gasteiger partial charge in [0.05, 0.1) is 6.10 Å². The highest BCUT2D eigenvalue weighted by atomic mass is 28.3. The topological polar surface area (TPSA) is 23.5 Å². The van der Waals surface area contributed by atoms with Gasteiger partial charge in [-0.3, -0.25) is 0 Å². The Bertz CT molecular complexity index is 605. The van der Waals surface area contributed by atoms with Gasteiger partial charge in [-0.05, 0) is 31.1 Å². The molecule has 4 rings (SSSR count). The fourth-order valence-electron chi connectivity index (χ4n) is 4.88. The fourth-order valence-corrected chi connectivity index (χ4v) is 11.1. The first-order valence-electron chi connectivity index (χ1n) is 8.19. The molecule has 2 heterocycles. The van der Waals surface area contributed by atoms with Gasteiger partial charge in [0.1, 0.15) is 8.07 Å². The Balaban J connectivity index is 1.91. The van der Waals surface area contributed by atoms with Crippen LogP contribution in [0.25, 0.3) is 0 Å². The maximum Gasteiger partial charge on any atom is 0.125 e. The van der Waals surface area contributed by atoms with E-state index in [1.807, 2.05) is 0 Å². The van der Waals surface area contributed by atoms with Gasteiger partial charge < -0.3 is 10.0 Å². The summed E-state index contributed by atoms with van der Waals surface area (Å²) in [4.78, 5) is 2.41. The van der Waals surface area contributed by atoms with Gasteiger partial charge >= 0.3 is 0 Å². The molecule has 0 amide bonds. The third-order valence-corrected chi connectivity index (χ3v) is 11.4. The molecule has 0 saturated carbocycles. The summed E-state index contributed by atoms with van der Waals surface area (Å²) in [6.45, 7) is 2.16. The molecule has 0 radical (unpaired) electrons. The smallest absolute Gasteiger partial charge is 0.125 e. The maximum absolute atomic E-state index is 10.8. The zero-order valence-electron chi connectivity index (χ0n) is 13.0. The number of fused-ring (bicyclic) bond motifs is 1. The van der Waals surface area contributed by atoms with Crippen molar-refractivity contribution in [3.8, 4) is 0 Å². The van der Waals surface area contributed by atoms with Gasteiger partial charge in [-0.25, -0.2) is 0 Å². The monoisotopic (exact) mass is 309 g/mol. The fraction of sp³-hybridized carbons (Fsp3) is 0.368. The summed E-state index contributed by atoms with van der Waals surface area (Å²) < 4.78 is 0. The first kappa shape index (κ1) is 14.2. The van der Waals surface area contributed by atoms with Gasteiger partial charge in [-0.2, -0.15) is 0 Å². The summed E-state index contributed by atoms with van der Waals surface area (Å²) in [7, 11) is 0.284. The molecule has 2 aromatic carbocycles. The van der Waals surface area contributed by atoms with Gasteiger partial charge in [-0.1, -0.05) is 71.0 Å². The number of aliphatic hydroxyl groups excluding tert-OH is 1. The van der Waals surface area contributed by atoms with Crippen LogP contribution in [-0.4, -0.2) is 44.3 Å². The first-order valence-corrected chi connectivity index (χ1v) is 10.5. The molecule has 3 heteroatoms. The molecule has 0 aliphatic carbocycles. The van der Waals surface area contributed by atoms with Gasteiger partial charge in [0.25, 0.3) is 0 Å². The van der Waals surface area contributed by atoms with Crippen LogP contribution in [0.1, 0.15) is 0 Å². The molecule has 3 atom stereocenters. The Hall–Kier alpha value is -1.42. The van der Waals surface area contributed by atoms with Crippen molar-refractivity contribution in [1.29, 1.82) is 0 Å². The minimum absolute atomic E-state index is 0.151. The van der Waals surface area contributed by atoms with Crippen molar-refractivity contribution in [1.82, 2.24) is 4.90 Å². The molecule has 2 aliphatic rings. The average Bonchev–Trinajstić information content (AvgIpc) is 3.07. The Morgan fingerprint density at radius 2 is 1.45 bits per heavy atom. The van der Waals surface area contributed by atoms with Crippen molar-refractivity contribution in [3.63, 3.8) is 0 Å². The number of benzene rings is 2. The molecule has 2 aromatic rings. The standard InChI is InChI=1S/C19H23NOSi/c1-20-12-17-18(21)14-22(19(17)13-20,15-8-4-2-5-9-15)16-10-6-3-7-11-16/h2-11,17-19,21H,12-14H2,1H3/t17-,18+,19-/m0/s1. The molecular weight excluding hydrogens is 286 g/mol. The molecule has 2 fully saturated rings. The van der Waals surface area contributed by atoms with E-state index in [1.54, 1.807) is 0 Å². The van der Waals surface area contributed by atoms with Crippen LogP contribution in [0.5, 0.6) is 0 Å². The van der Waals surface area contributed by atoms with Gasteiger partial charge in [0.15, 0.2) is 0 Å². The van der Waals surface area contributed by atoms with E-state index < -0.39 is 8.07 Å². The van der Waals surface area contributed by atoms with E-state index in [2.05, 4.69) is 72.6 Å². The number of hydrogen-bond donors (Lipinski definition) is 1. The van der Waals surface area contributed by atoms with Crippen LogP contribution < -0.4 is 10.4 Å². The Labute approximate surface area is 133 Å². The van der Waals surface area contributed by atoms with E-state index >= 15 is 0 Å². The first-order chi connectivity index (χ1) is 10.7. The molecule has 2 aliphatic heterocycles. The number of aliphatic hydroxyl groups is 1. The molecular formula is C19H23NOSi. The molecule has 2 nitrogen and oxygen atoms in total. The zero-order valence-corrected chi connectivity index (χ0v) is 14.0. The minimum atomic E-state index is -1.91. The van der Waals surface area contributed by atoms with E-state index in [1.165, 1.54) is 10.4 Å². The van der Waals surface area contributed by atoms with E-state index in [9.17, 15) is 5.11 Å². The number of hydrogen-bond acceptors (Lipinski definition) is 2. The third-order valence-electron chi connectivity index (χ3n) is 5.78. The zero-order chi connectivity index (χ0) is 15.2. The summed E-state index contributed by atoms with van der Waals surface area (Å²) in [5.74, 6) is 0.442. The van der Waals surface area contributed by atoms with Crippen molar-refractivity contribution < 1.29 is 5.11 Å². The quantitative estimate of drug-likeness (QED) is 0.851.